The van der Waals surface area contributed by atoms with Crippen LogP contribution in [-0.4, -0.2) is 54.1 Å². The molecule has 1 aromatic heterocycles. The molecule has 0 bridgehead atoms. The number of hydrogen-bond acceptors (Lipinski definition) is 3. The fourth-order valence-corrected chi connectivity index (χ4v) is 4.27. The van der Waals surface area contributed by atoms with Crippen LogP contribution in [0.3, 0.4) is 0 Å². The fraction of sp³-hybridized carbons (Fsp3) is 0.522. The van der Waals surface area contributed by atoms with Gasteiger partial charge in [-0.25, -0.2) is 4.39 Å². The van der Waals surface area contributed by atoms with Crippen molar-refractivity contribution in [3.05, 3.63) is 52.6 Å². The fourth-order valence-electron chi connectivity index (χ4n) is 4.27. The van der Waals surface area contributed by atoms with Gasteiger partial charge in [-0.2, -0.15) is 0 Å². The van der Waals surface area contributed by atoms with Crippen LogP contribution in [0.5, 0.6) is 0 Å². The first-order chi connectivity index (χ1) is 13.8. The van der Waals surface area contributed by atoms with Gasteiger partial charge in [0.15, 0.2) is 0 Å². The molecule has 1 aromatic carbocycles. The average molecular weight is 401 g/mol. The molecule has 1 aliphatic heterocycles. The second-order valence-electron chi connectivity index (χ2n) is 8.17. The summed E-state index contributed by atoms with van der Waals surface area (Å²) in [5.74, 6) is -0.330. The summed E-state index contributed by atoms with van der Waals surface area (Å²) in [6.07, 6.45) is 0. The highest BCUT2D eigenvalue weighted by Crippen LogP contribution is 2.32. The first-order valence-corrected chi connectivity index (χ1v) is 10.5. The maximum Gasteiger partial charge on any atom is 0.268 e. The highest BCUT2D eigenvalue weighted by atomic mass is 19.1. The number of nitrogens with zero attached hydrogens (tertiary/aromatic N) is 3. The van der Waals surface area contributed by atoms with Crippen molar-refractivity contribution in [1.29, 1.82) is 0 Å². The van der Waals surface area contributed by atoms with Crippen LogP contribution in [0.25, 0.3) is 0 Å². The van der Waals surface area contributed by atoms with Crippen LogP contribution in [0.4, 0.5) is 10.1 Å². The van der Waals surface area contributed by atoms with Gasteiger partial charge in [-0.1, -0.05) is 19.1 Å². The summed E-state index contributed by atoms with van der Waals surface area (Å²) in [6.45, 7) is 15.7. The van der Waals surface area contributed by atoms with Crippen molar-refractivity contribution in [3.8, 4) is 0 Å². The summed E-state index contributed by atoms with van der Waals surface area (Å²) in [7, 11) is 0. The van der Waals surface area contributed by atoms with Crippen LogP contribution < -0.4 is 10.2 Å². The molecule has 2 heterocycles. The van der Waals surface area contributed by atoms with Crippen molar-refractivity contribution in [1.82, 2.24) is 14.8 Å². The molecule has 1 fully saturated rings. The zero-order valence-electron chi connectivity index (χ0n) is 18.3. The number of halogens is 1. The Balaban J connectivity index is 2.01. The van der Waals surface area contributed by atoms with Gasteiger partial charge in [0.2, 0.25) is 0 Å². The summed E-state index contributed by atoms with van der Waals surface area (Å²) < 4.78 is 15.8. The maximum atomic E-state index is 13.7. The van der Waals surface area contributed by atoms with Gasteiger partial charge in [-0.05, 0) is 51.9 Å². The van der Waals surface area contributed by atoms with Crippen LogP contribution in [-0.2, 0) is 6.54 Å². The van der Waals surface area contributed by atoms with Crippen LogP contribution in [0, 0.1) is 19.7 Å². The lowest BCUT2D eigenvalue weighted by molar-refractivity contribution is 0.0933. The predicted molar refractivity (Wildman–Crippen MR) is 116 cm³/mol. The van der Waals surface area contributed by atoms with Gasteiger partial charge in [0.1, 0.15) is 11.5 Å². The number of piperazine rings is 1. The van der Waals surface area contributed by atoms with E-state index in [1.54, 1.807) is 12.1 Å². The van der Waals surface area contributed by atoms with Crippen molar-refractivity contribution in [2.24, 2.45) is 0 Å². The van der Waals surface area contributed by atoms with Crippen LogP contribution in [0.1, 0.15) is 48.1 Å². The Morgan fingerprint density at radius 3 is 2.45 bits per heavy atom. The van der Waals surface area contributed by atoms with E-state index in [4.69, 9.17) is 0 Å². The third kappa shape index (κ3) is 4.64. The first-order valence-electron chi connectivity index (χ1n) is 10.5. The second kappa shape index (κ2) is 8.99. The van der Waals surface area contributed by atoms with E-state index >= 15 is 0 Å². The largest absolute Gasteiger partial charge is 0.367 e. The number of benzene rings is 1. The highest BCUT2D eigenvalue weighted by Gasteiger charge is 2.28. The molecular weight excluding hydrogens is 367 g/mol. The molecule has 2 aromatic rings. The minimum absolute atomic E-state index is 0.0521. The monoisotopic (exact) mass is 400 g/mol. The normalized spacial score (nSPS) is 15.2. The van der Waals surface area contributed by atoms with E-state index in [-0.39, 0.29) is 17.8 Å². The molecule has 1 saturated heterocycles. The van der Waals surface area contributed by atoms with Crippen LogP contribution in [0.15, 0.2) is 24.3 Å². The zero-order chi connectivity index (χ0) is 21.1. The molecule has 1 N–H and O–H groups in total. The molecule has 5 nitrogen and oxygen atoms in total. The molecule has 0 unspecified atom stereocenters. The van der Waals surface area contributed by atoms with Gasteiger partial charge >= 0.3 is 0 Å². The van der Waals surface area contributed by atoms with E-state index in [2.05, 4.69) is 29.0 Å². The lowest BCUT2D eigenvalue weighted by atomic mass is 10.1. The second-order valence-corrected chi connectivity index (χ2v) is 8.17. The molecule has 0 aliphatic carbocycles. The molecule has 0 atom stereocenters. The van der Waals surface area contributed by atoms with E-state index in [9.17, 15) is 9.18 Å². The quantitative estimate of drug-likeness (QED) is 0.806. The number of nitrogens with one attached hydrogen (secondary N) is 1. The summed E-state index contributed by atoms with van der Waals surface area (Å²) >= 11 is 0. The Bertz CT molecular complexity index is 866. The average Bonchev–Trinajstić information content (AvgIpc) is 2.91. The van der Waals surface area contributed by atoms with E-state index in [0.29, 0.717) is 12.2 Å². The standard InChI is InChI=1S/C23H33FN4O/c1-6-26-10-12-27(13-11-26)21-17(4)22(23(29)25-16(2)3)28(18(21)5)15-19-8-7-9-20(24)14-19/h7-9,14,16H,6,10-13,15H2,1-5H3,(H,25,29). The topological polar surface area (TPSA) is 40.5 Å². The first kappa shape index (κ1) is 21.4. The van der Waals surface area contributed by atoms with Crippen molar-refractivity contribution in [2.45, 2.75) is 47.2 Å². The number of aromatic nitrogens is 1. The Kier molecular flexibility index (Phi) is 6.63. The van der Waals surface area contributed by atoms with Gasteiger partial charge in [0.25, 0.3) is 5.91 Å². The summed E-state index contributed by atoms with van der Waals surface area (Å²) in [5, 5.41) is 3.04. The Hall–Kier alpha value is -2.34. The summed E-state index contributed by atoms with van der Waals surface area (Å²) in [5.41, 5.74) is 4.73. The van der Waals surface area contributed by atoms with Crippen LogP contribution in [0.2, 0.25) is 0 Å². The number of hydrogen-bond donors (Lipinski definition) is 1. The minimum atomic E-state index is -0.256. The van der Waals surface area contributed by atoms with E-state index in [1.165, 1.54) is 6.07 Å². The van der Waals surface area contributed by atoms with Crippen molar-refractivity contribution in [2.75, 3.05) is 37.6 Å². The number of carbonyl (C=O) groups is 1. The molecule has 0 saturated carbocycles. The third-order valence-corrected chi connectivity index (χ3v) is 5.73. The molecule has 158 valence electrons. The lowest BCUT2D eigenvalue weighted by Gasteiger charge is -2.36. The number of rotatable bonds is 6. The highest BCUT2D eigenvalue weighted by molar-refractivity contribution is 5.96. The smallest absolute Gasteiger partial charge is 0.268 e. The van der Waals surface area contributed by atoms with Crippen molar-refractivity contribution in [3.63, 3.8) is 0 Å². The van der Waals surface area contributed by atoms with Gasteiger partial charge in [0, 0.05) is 50.0 Å². The van der Waals surface area contributed by atoms with Gasteiger partial charge in [-0.15, -0.1) is 0 Å². The third-order valence-electron chi connectivity index (χ3n) is 5.73. The molecule has 0 spiro atoms. The van der Waals surface area contributed by atoms with Gasteiger partial charge in [-0.3, -0.25) is 4.79 Å². The number of amides is 1. The van der Waals surface area contributed by atoms with E-state index in [0.717, 1.165) is 55.2 Å². The van der Waals surface area contributed by atoms with E-state index < -0.39 is 0 Å². The zero-order valence-corrected chi connectivity index (χ0v) is 18.3. The maximum absolute atomic E-state index is 13.7. The Morgan fingerprint density at radius 1 is 1.17 bits per heavy atom. The lowest BCUT2D eigenvalue weighted by Crippen LogP contribution is -2.46. The Labute approximate surface area is 173 Å². The van der Waals surface area contributed by atoms with Crippen molar-refractivity contribution >= 4 is 11.6 Å². The number of likely N-dealkylation sites (N-methyl/N-ethyl adjacent to an activating group) is 1. The molecule has 1 aliphatic rings. The minimum Gasteiger partial charge on any atom is -0.367 e. The molecule has 3 rings (SSSR count). The molecule has 6 heteroatoms. The number of anilines is 1. The van der Waals surface area contributed by atoms with Gasteiger partial charge < -0.3 is 19.7 Å². The molecule has 1 amide bonds. The molecular formula is C23H33FN4O. The molecule has 0 radical (unpaired) electrons. The Morgan fingerprint density at radius 2 is 1.86 bits per heavy atom. The van der Waals surface area contributed by atoms with Gasteiger partial charge in [0.05, 0.1) is 5.69 Å². The SMILES string of the molecule is CCN1CCN(c2c(C)c(C(=O)NC(C)C)n(Cc3cccc(F)c3)c2C)CC1. The number of carbonyl (C=O) groups excluding carboxylic acids is 1. The predicted octanol–water partition coefficient (Wildman–Crippen LogP) is 3.57. The summed E-state index contributed by atoms with van der Waals surface area (Å²) in [4.78, 5) is 17.9. The summed E-state index contributed by atoms with van der Waals surface area (Å²) in [6, 6.07) is 6.66. The van der Waals surface area contributed by atoms with Crippen molar-refractivity contribution < 1.29 is 9.18 Å². The van der Waals surface area contributed by atoms with Crippen LogP contribution >= 0.6 is 0 Å². The van der Waals surface area contributed by atoms with E-state index in [1.807, 2.05) is 31.4 Å². The molecule has 29 heavy (non-hydrogen) atoms.